The van der Waals surface area contributed by atoms with Crippen molar-refractivity contribution in [3.8, 4) is 0 Å². The molecule has 23 heavy (non-hydrogen) atoms. The third kappa shape index (κ3) is 5.90. The molecule has 7 heteroatoms. The lowest BCUT2D eigenvalue weighted by atomic mass is 10.0. The number of alkyl halides is 3. The first-order valence-corrected chi connectivity index (χ1v) is 7.98. The molecule has 0 fully saturated rings. The zero-order valence-electron chi connectivity index (χ0n) is 12.0. The third-order valence-corrected chi connectivity index (χ3v) is 3.39. The van der Waals surface area contributed by atoms with E-state index in [0.717, 1.165) is 10.8 Å². The predicted molar refractivity (Wildman–Crippen MR) is 92.5 cm³/mol. The molecule has 0 aliphatic heterocycles. The number of carbonyl (C=O) groups is 2. The molecule has 0 spiro atoms. The molecule has 2 rings (SSSR count). The highest BCUT2D eigenvalue weighted by Crippen LogP contribution is 2.25. The summed E-state index contributed by atoms with van der Waals surface area (Å²) in [6.07, 6.45) is -0.580. The molecule has 0 aliphatic carbocycles. The lowest BCUT2D eigenvalue weighted by Crippen LogP contribution is -2.29. The minimum Gasteiger partial charge on any atom is -0.445 e. The van der Waals surface area contributed by atoms with Crippen molar-refractivity contribution in [2.45, 2.75) is 10.2 Å². The highest BCUT2D eigenvalue weighted by molar-refractivity contribution is 6.67. The summed E-state index contributed by atoms with van der Waals surface area (Å²) >= 11 is 16.4. The molecule has 0 unspecified atom stereocenters. The van der Waals surface area contributed by atoms with Crippen LogP contribution in [0, 0.1) is 0 Å². The highest BCUT2D eigenvalue weighted by atomic mass is 35.6. The normalized spacial score (nSPS) is 11.3. The van der Waals surface area contributed by atoms with Crippen LogP contribution in [0.4, 0.5) is 4.79 Å². The van der Waals surface area contributed by atoms with Crippen LogP contribution >= 0.6 is 34.8 Å². The summed E-state index contributed by atoms with van der Waals surface area (Å²) in [4.78, 5) is 23.5. The van der Waals surface area contributed by atoms with Gasteiger partial charge in [0.15, 0.2) is 5.78 Å². The first kappa shape index (κ1) is 17.9. The number of nitrogens with one attached hydrogen (secondary N) is 1. The van der Waals surface area contributed by atoms with E-state index in [4.69, 9.17) is 39.5 Å². The van der Waals surface area contributed by atoms with Gasteiger partial charge >= 0.3 is 6.09 Å². The first-order valence-electron chi connectivity index (χ1n) is 6.84. The number of hydrogen-bond donors (Lipinski definition) is 1. The van der Waals surface area contributed by atoms with Gasteiger partial charge < -0.3 is 10.1 Å². The van der Waals surface area contributed by atoms with Gasteiger partial charge in [-0.3, -0.25) is 4.79 Å². The summed E-state index contributed by atoms with van der Waals surface area (Å²) in [5.41, 5.74) is 0.597. The number of amides is 1. The van der Waals surface area contributed by atoms with E-state index in [9.17, 15) is 9.59 Å². The van der Waals surface area contributed by atoms with Crippen LogP contribution in [0.25, 0.3) is 10.8 Å². The van der Waals surface area contributed by atoms with Crippen LogP contribution in [-0.4, -0.2) is 28.8 Å². The van der Waals surface area contributed by atoms with E-state index in [0.29, 0.717) is 5.56 Å². The van der Waals surface area contributed by atoms with Crippen molar-refractivity contribution < 1.29 is 14.3 Å². The number of carbonyl (C=O) groups excluding carboxylic acids is 2. The zero-order chi connectivity index (χ0) is 16.9. The summed E-state index contributed by atoms with van der Waals surface area (Å²) < 4.78 is 3.04. The molecule has 122 valence electrons. The fourth-order valence-electron chi connectivity index (χ4n) is 1.98. The first-order chi connectivity index (χ1) is 10.8. The van der Waals surface area contributed by atoms with E-state index in [1.54, 1.807) is 6.07 Å². The van der Waals surface area contributed by atoms with Crippen LogP contribution in [0.5, 0.6) is 0 Å². The van der Waals surface area contributed by atoms with E-state index in [-0.39, 0.29) is 25.4 Å². The molecule has 0 saturated carbocycles. The molecule has 0 aliphatic rings. The van der Waals surface area contributed by atoms with Crippen molar-refractivity contribution in [1.29, 1.82) is 0 Å². The van der Waals surface area contributed by atoms with Crippen LogP contribution in [0.3, 0.4) is 0 Å². The van der Waals surface area contributed by atoms with E-state index >= 15 is 0 Å². The van der Waals surface area contributed by atoms with E-state index in [1.807, 2.05) is 36.4 Å². The number of ketones is 1. The maximum Gasteiger partial charge on any atom is 0.407 e. The van der Waals surface area contributed by atoms with Gasteiger partial charge in [-0.1, -0.05) is 71.2 Å². The monoisotopic (exact) mass is 373 g/mol. The Hall–Kier alpha value is -1.49. The predicted octanol–water partition coefficient (Wildman–Crippen LogP) is 4.51. The number of halogens is 3. The second-order valence-corrected chi connectivity index (χ2v) is 7.37. The number of ether oxygens (including phenoxy) is 1. The average molecular weight is 375 g/mol. The standard InChI is InChI=1S/C16H14Cl3NO3/c17-16(18,19)10-23-15(22)20-8-7-14(21)13-6-5-11-3-1-2-4-12(11)9-13/h1-6,9H,7-8,10H2,(H,20,22). The minimum atomic E-state index is -1.65. The van der Waals surface area contributed by atoms with Gasteiger partial charge in [0.2, 0.25) is 3.79 Å². The third-order valence-electron chi connectivity index (χ3n) is 3.06. The average Bonchev–Trinajstić information content (AvgIpc) is 2.51. The van der Waals surface area contributed by atoms with E-state index < -0.39 is 9.89 Å². The van der Waals surface area contributed by atoms with Gasteiger partial charge in [0.1, 0.15) is 6.61 Å². The Kier molecular flexibility index (Phi) is 6.10. The number of rotatable bonds is 5. The Bertz CT molecular complexity index is 713. The summed E-state index contributed by atoms with van der Waals surface area (Å²) in [5.74, 6) is -0.0718. The molecule has 1 amide bonds. The molecular weight excluding hydrogens is 361 g/mol. The Morgan fingerprint density at radius 1 is 1.04 bits per heavy atom. The number of fused-ring (bicyclic) bond motifs is 1. The van der Waals surface area contributed by atoms with Gasteiger partial charge in [-0.2, -0.15) is 0 Å². The molecule has 2 aromatic carbocycles. The van der Waals surface area contributed by atoms with E-state index in [2.05, 4.69) is 5.32 Å². The SMILES string of the molecule is O=C(NCCC(=O)c1ccc2ccccc2c1)OCC(Cl)(Cl)Cl. The van der Waals surface area contributed by atoms with Crippen LogP contribution in [-0.2, 0) is 4.74 Å². The largest absolute Gasteiger partial charge is 0.445 e. The summed E-state index contributed by atoms with van der Waals surface area (Å²) in [7, 11) is 0. The molecule has 0 aromatic heterocycles. The molecule has 4 nitrogen and oxygen atoms in total. The van der Waals surface area contributed by atoms with Gasteiger partial charge in [-0.05, 0) is 16.8 Å². The Morgan fingerprint density at radius 2 is 1.74 bits per heavy atom. The number of Topliss-reactive ketones (excluding diaryl/α,β-unsaturated/α-hetero) is 1. The molecule has 0 bridgehead atoms. The van der Waals surface area contributed by atoms with Gasteiger partial charge in [0, 0.05) is 18.5 Å². The lowest BCUT2D eigenvalue weighted by Gasteiger charge is -2.11. The van der Waals surface area contributed by atoms with E-state index in [1.165, 1.54) is 0 Å². The second-order valence-electron chi connectivity index (χ2n) is 4.85. The summed E-state index contributed by atoms with van der Waals surface area (Å²) in [6, 6.07) is 13.3. The smallest absolute Gasteiger partial charge is 0.407 e. The molecular formula is C16H14Cl3NO3. The molecule has 0 saturated heterocycles. The molecule has 1 N–H and O–H groups in total. The fourth-order valence-corrected chi connectivity index (χ4v) is 2.15. The van der Waals surface area contributed by atoms with Gasteiger partial charge in [-0.15, -0.1) is 0 Å². The zero-order valence-corrected chi connectivity index (χ0v) is 14.3. The Morgan fingerprint density at radius 3 is 2.43 bits per heavy atom. The molecule has 0 heterocycles. The fraction of sp³-hybridized carbons (Fsp3) is 0.250. The minimum absolute atomic E-state index is 0.0718. The second kappa shape index (κ2) is 7.86. The Labute approximate surface area is 148 Å². The molecule has 2 aromatic rings. The molecule has 0 radical (unpaired) electrons. The molecule has 0 atom stereocenters. The highest BCUT2D eigenvalue weighted by Gasteiger charge is 2.22. The summed E-state index contributed by atoms with van der Waals surface area (Å²) in [6.45, 7) is -0.216. The van der Waals surface area contributed by atoms with Gasteiger partial charge in [0.25, 0.3) is 0 Å². The van der Waals surface area contributed by atoms with Crippen molar-refractivity contribution in [1.82, 2.24) is 5.32 Å². The topological polar surface area (TPSA) is 55.4 Å². The van der Waals surface area contributed by atoms with Crippen LogP contribution in [0.2, 0.25) is 0 Å². The maximum absolute atomic E-state index is 12.1. The van der Waals surface area contributed by atoms with Crippen molar-refractivity contribution in [3.63, 3.8) is 0 Å². The Balaban J connectivity index is 1.83. The van der Waals surface area contributed by atoms with Crippen molar-refractivity contribution >= 4 is 57.5 Å². The van der Waals surface area contributed by atoms with Crippen LogP contribution < -0.4 is 5.32 Å². The summed E-state index contributed by atoms with van der Waals surface area (Å²) in [5, 5.41) is 4.50. The van der Waals surface area contributed by atoms with Crippen molar-refractivity contribution in [3.05, 3.63) is 48.0 Å². The van der Waals surface area contributed by atoms with Crippen LogP contribution in [0.1, 0.15) is 16.8 Å². The quantitative estimate of drug-likeness (QED) is 0.619. The number of hydrogen-bond acceptors (Lipinski definition) is 3. The van der Waals surface area contributed by atoms with Gasteiger partial charge in [0.05, 0.1) is 0 Å². The van der Waals surface area contributed by atoms with Crippen LogP contribution in [0.15, 0.2) is 42.5 Å². The lowest BCUT2D eigenvalue weighted by molar-refractivity contribution is 0.0981. The number of alkyl carbamates (subject to hydrolysis) is 1. The van der Waals surface area contributed by atoms with Crippen molar-refractivity contribution in [2.75, 3.05) is 13.2 Å². The maximum atomic E-state index is 12.1. The number of benzene rings is 2. The van der Waals surface area contributed by atoms with Crippen molar-refractivity contribution in [2.24, 2.45) is 0 Å². The van der Waals surface area contributed by atoms with Gasteiger partial charge in [-0.25, -0.2) is 4.79 Å².